The van der Waals surface area contributed by atoms with Crippen molar-refractivity contribution in [2.75, 3.05) is 47.1 Å². The Balaban J connectivity index is 0.873. The van der Waals surface area contributed by atoms with E-state index in [2.05, 4.69) is 121 Å². The van der Waals surface area contributed by atoms with Gasteiger partial charge in [-0.2, -0.15) is 5.26 Å². The van der Waals surface area contributed by atoms with E-state index in [0.29, 0.717) is 37.9 Å². The van der Waals surface area contributed by atoms with E-state index < -0.39 is 20.2 Å². The fourth-order valence-electron chi connectivity index (χ4n) is 15.9. The molecule has 13 heteroatoms. The lowest BCUT2D eigenvalue weighted by Crippen LogP contribution is -2.51. The molecule has 0 radical (unpaired) electrons. The fraction of sp³-hybridized carbons (Fsp3) is 0.667. The molecular weight excluding hydrogens is 1040 g/mol. The van der Waals surface area contributed by atoms with Crippen molar-refractivity contribution < 1.29 is 37.6 Å². The number of carbonyl (C=O) groups is 2. The number of benzene rings is 3. The SMILES string of the molecule is COc1ccc(C(OCC2CN(C(=O)CCCCCNC(=O)OC3CC[C@@]4(C)C(=CCC5C6CCC(C(C)CCCC(C)C)[C@@]6(C)CCC54)C3)CC2OP(OCCC#N)N(C(C)C)C(C)C)(c2ccccc2)c2ccc(OC)cc2)cc1. The summed E-state index contributed by atoms with van der Waals surface area (Å²) in [5.74, 6) is 6.13. The second-order valence-corrected chi connectivity index (χ2v) is 27.8. The number of allylic oxidation sites excluding steroid dienone is 1. The Morgan fingerprint density at radius 3 is 2.10 bits per heavy atom. The van der Waals surface area contributed by atoms with Crippen LogP contribution < -0.4 is 14.8 Å². The Morgan fingerprint density at radius 1 is 0.793 bits per heavy atom. The van der Waals surface area contributed by atoms with Crippen LogP contribution in [0.2, 0.25) is 0 Å². The summed E-state index contributed by atoms with van der Waals surface area (Å²) in [5, 5.41) is 12.6. The highest BCUT2D eigenvalue weighted by molar-refractivity contribution is 7.44. The van der Waals surface area contributed by atoms with Crippen molar-refractivity contribution in [2.45, 2.75) is 195 Å². The van der Waals surface area contributed by atoms with Crippen LogP contribution in [-0.4, -0.2) is 92.9 Å². The third-order valence-electron chi connectivity index (χ3n) is 20.2. The number of hydrogen-bond acceptors (Lipinski definition) is 10. The number of rotatable bonds is 28. The van der Waals surface area contributed by atoms with Gasteiger partial charge in [-0.25, -0.2) is 9.46 Å². The number of amides is 2. The smallest absolute Gasteiger partial charge is 0.407 e. The highest BCUT2D eigenvalue weighted by Gasteiger charge is 2.59. The molecule has 4 aliphatic carbocycles. The predicted octanol–water partition coefficient (Wildman–Crippen LogP) is 15.8. The second kappa shape index (κ2) is 29.1. The largest absolute Gasteiger partial charge is 0.497 e. The van der Waals surface area contributed by atoms with E-state index in [1.165, 1.54) is 56.9 Å². The molecule has 1 N–H and O–H groups in total. The third-order valence-corrected chi connectivity index (χ3v) is 22.3. The molecule has 3 saturated carbocycles. The van der Waals surface area contributed by atoms with Gasteiger partial charge in [0.15, 0.2) is 0 Å². The molecule has 0 aromatic heterocycles. The molecule has 12 nitrogen and oxygen atoms in total. The van der Waals surface area contributed by atoms with Crippen LogP contribution >= 0.6 is 8.53 Å². The standard InChI is InChI=1S/C69H101N4O8P/c1-48(2)20-18-21-51(7)61-35-36-62-60-34-29-56-44-59(37-39-67(56,8)63(60)38-40-68(61,62)9)80-66(75)71-42-17-13-16-24-65(74)72-45-52(64(46-72)81-82(79-43-19-41-70)73(49(3)4)50(5)6)47-78-69(53-22-14-12-15-23-53,54-25-30-57(76-10)31-26-54)55-27-32-58(77-11)33-28-55/h12,14-15,22-23,25-33,48-52,59-64H,13,16-21,24,34-40,42-47H2,1-11H3,(H,71,75)/t51?,52?,59?,60?,61?,62?,63?,64?,67-,68+,82?/m0/s1. The van der Waals surface area contributed by atoms with E-state index in [4.69, 9.17) is 28.0 Å². The van der Waals surface area contributed by atoms with E-state index in [1.807, 2.05) is 47.4 Å². The lowest BCUT2D eigenvalue weighted by atomic mass is 9.47. The van der Waals surface area contributed by atoms with Crippen LogP contribution in [0.15, 0.2) is 90.5 Å². The third kappa shape index (κ3) is 14.6. The number of unbranched alkanes of at least 4 members (excludes halogenated alkanes) is 2. The number of methoxy groups -OCH3 is 2. The molecule has 1 saturated heterocycles. The molecule has 9 unspecified atom stereocenters. The number of nitriles is 1. The zero-order valence-corrected chi connectivity index (χ0v) is 52.7. The first-order valence-electron chi connectivity index (χ1n) is 31.6. The molecule has 4 fully saturated rings. The predicted molar refractivity (Wildman–Crippen MR) is 328 cm³/mol. The summed E-state index contributed by atoms with van der Waals surface area (Å²) in [5.41, 5.74) is 3.94. The molecule has 3 aromatic rings. The first-order valence-corrected chi connectivity index (χ1v) is 32.7. The molecule has 8 rings (SSSR count). The molecule has 5 aliphatic rings. The van der Waals surface area contributed by atoms with Crippen molar-refractivity contribution in [3.05, 3.63) is 107 Å². The van der Waals surface area contributed by atoms with Crippen molar-refractivity contribution in [3.63, 3.8) is 0 Å². The summed E-state index contributed by atoms with van der Waals surface area (Å²) in [6.45, 7) is 22.8. The Labute approximate surface area is 495 Å². The van der Waals surface area contributed by atoms with Gasteiger partial charge in [-0.3, -0.25) is 4.79 Å². The zero-order valence-electron chi connectivity index (χ0n) is 51.8. The number of alkyl carbamates (subject to hydrolysis) is 1. The van der Waals surface area contributed by atoms with Crippen LogP contribution in [0.4, 0.5) is 4.79 Å². The van der Waals surface area contributed by atoms with E-state index in [0.717, 1.165) is 95.8 Å². The summed E-state index contributed by atoms with van der Waals surface area (Å²) < 4.78 is 40.6. The van der Waals surface area contributed by atoms with Crippen molar-refractivity contribution in [3.8, 4) is 17.6 Å². The van der Waals surface area contributed by atoms with Gasteiger partial charge in [0.2, 0.25) is 5.91 Å². The molecule has 450 valence electrons. The maximum Gasteiger partial charge on any atom is 0.407 e. The normalized spacial score (nSPS) is 26.9. The highest BCUT2D eigenvalue weighted by Crippen LogP contribution is 2.67. The highest BCUT2D eigenvalue weighted by atomic mass is 31.2. The number of likely N-dealkylation sites (tertiary alicyclic amines) is 1. The van der Waals surface area contributed by atoms with Gasteiger partial charge in [-0.15, -0.1) is 0 Å². The summed E-state index contributed by atoms with van der Waals surface area (Å²) >= 11 is 0. The quantitative estimate of drug-likeness (QED) is 0.0324. The van der Waals surface area contributed by atoms with Crippen LogP contribution in [-0.2, 0) is 28.9 Å². The summed E-state index contributed by atoms with van der Waals surface area (Å²) in [6.07, 6.45) is 18.3. The molecule has 0 bridgehead atoms. The maximum atomic E-state index is 14.3. The summed E-state index contributed by atoms with van der Waals surface area (Å²) in [7, 11) is 1.72. The van der Waals surface area contributed by atoms with Crippen molar-refractivity contribution >= 4 is 20.5 Å². The minimum Gasteiger partial charge on any atom is -0.497 e. The number of ether oxygens (including phenoxy) is 4. The van der Waals surface area contributed by atoms with Crippen LogP contribution in [0.3, 0.4) is 0 Å². The summed E-state index contributed by atoms with van der Waals surface area (Å²) in [6, 6.07) is 28.7. The lowest BCUT2D eigenvalue weighted by Gasteiger charge is -2.58. The molecule has 0 spiro atoms. The van der Waals surface area contributed by atoms with E-state index >= 15 is 0 Å². The minimum atomic E-state index is -1.61. The topological polar surface area (TPSA) is 132 Å². The van der Waals surface area contributed by atoms with Gasteiger partial charge in [0.05, 0.1) is 46.0 Å². The van der Waals surface area contributed by atoms with Crippen LogP contribution in [0.1, 0.15) is 182 Å². The van der Waals surface area contributed by atoms with Gasteiger partial charge in [0.1, 0.15) is 23.2 Å². The zero-order chi connectivity index (χ0) is 58.6. The van der Waals surface area contributed by atoms with Gasteiger partial charge in [-0.1, -0.05) is 127 Å². The van der Waals surface area contributed by atoms with Crippen molar-refractivity contribution in [1.82, 2.24) is 14.9 Å². The van der Waals surface area contributed by atoms with E-state index in [-0.39, 0.29) is 61.2 Å². The number of nitrogens with zero attached hydrogens (tertiary/aromatic N) is 3. The molecular formula is C69H101N4O8P. The Kier molecular flexibility index (Phi) is 22.5. The minimum absolute atomic E-state index is 0.0619. The van der Waals surface area contributed by atoms with Crippen LogP contribution in [0.25, 0.3) is 0 Å². The van der Waals surface area contributed by atoms with E-state index in [9.17, 15) is 14.9 Å². The van der Waals surface area contributed by atoms with Gasteiger partial charge in [0, 0.05) is 50.5 Å². The second-order valence-electron chi connectivity index (χ2n) is 26.4. The molecule has 3 aromatic carbocycles. The fourth-order valence-corrected chi connectivity index (χ4v) is 17.7. The number of hydrogen-bond donors (Lipinski definition) is 1. The Bertz CT molecular complexity index is 2520. The molecule has 82 heavy (non-hydrogen) atoms. The maximum absolute atomic E-state index is 14.3. The first kappa shape index (κ1) is 63.5. The Hall–Kier alpha value is -4.50. The first-order chi connectivity index (χ1) is 39.4. The summed E-state index contributed by atoms with van der Waals surface area (Å²) in [4.78, 5) is 29.6. The van der Waals surface area contributed by atoms with Gasteiger partial charge < -0.3 is 38.2 Å². The van der Waals surface area contributed by atoms with Crippen molar-refractivity contribution in [1.29, 1.82) is 5.26 Å². The number of fused-ring (bicyclic) bond motifs is 5. The lowest BCUT2D eigenvalue weighted by molar-refractivity contribution is -0.130. The Morgan fingerprint density at radius 2 is 1.46 bits per heavy atom. The average molecular weight is 1150 g/mol. The number of carbonyl (C=O) groups excluding carboxylic acids is 2. The monoisotopic (exact) mass is 1140 g/mol. The van der Waals surface area contributed by atoms with E-state index in [1.54, 1.807) is 14.2 Å². The number of nitrogens with one attached hydrogen (secondary N) is 1. The van der Waals surface area contributed by atoms with Crippen LogP contribution in [0, 0.1) is 63.6 Å². The molecule has 1 aliphatic heterocycles. The van der Waals surface area contributed by atoms with Gasteiger partial charge in [-0.05, 0) is 173 Å². The van der Waals surface area contributed by atoms with Crippen molar-refractivity contribution in [2.24, 2.45) is 52.3 Å². The molecule has 1 heterocycles. The molecule has 11 atom stereocenters. The van der Waals surface area contributed by atoms with Gasteiger partial charge in [0.25, 0.3) is 8.53 Å². The molecule has 2 amide bonds. The van der Waals surface area contributed by atoms with Crippen LogP contribution in [0.5, 0.6) is 11.5 Å². The van der Waals surface area contributed by atoms with Gasteiger partial charge >= 0.3 is 6.09 Å². The average Bonchev–Trinajstić information content (AvgIpc) is 4.17.